The van der Waals surface area contributed by atoms with Crippen molar-refractivity contribution in [3.05, 3.63) is 16.0 Å². The van der Waals surface area contributed by atoms with Gasteiger partial charge in [-0.15, -0.1) is 0 Å². The summed E-state index contributed by atoms with van der Waals surface area (Å²) in [5, 5.41) is 12.5. The maximum Gasteiger partial charge on any atom is 0.224 e. The molecule has 6 heteroatoms. The normalized spacial score (nSPS) is 25.6. The Hall–Kier alpha value is -0.390. The number of aliphatic hydroxyl groups is 1. The Bertz CT molecular complexity index is 343. The van der Waals surface area contributed by atoms with Gasteiger partial charge in [-0.3, -0.25) is 0 Å². The zero-order chi connectivity index (χ0) is 10.1. The Morgan fingerprint density at radius 3 is 2.93 bits per heavy atom. The van der Waals surface area contributed by atoms with E-state index in [1.165, 1.54) is 0 Å². The molecule has 0 unspecified atom stereocenters. The average molecular weight is 279 g/mol. The molecule has 0 spiro atoms. The van der Waals surface area contributed by atoms with E-state index in [1.807, 2.05) is 0 Å². The van der Waals surface area contributed by atoms with E-state index in [4.69, 9.17) is 16.7 Å². The predicted molar refractivity (Wildman–Crippen MR) is 57.4 cm³/mol. The first-order valence-electron chi connectivity index (χ1n) is 4.28. The molecular weight excluding hydrogens is 269 g/mol. The lowest BCUT2D eigenvalue weighted by Crippen LogP contribution is -2.39. The van der Waals surface area contributed by atoms with Crippen molar-refractivity contribution in [3.8, 4) is 0 Å². The summed E-state index contributed by atoms with van der Waals surface area (Å²) in [5.41, 5.74) is 0. The van der Waals surface area contributed by atoms with Crippen LogP contribution >= 0.6 is 27.5 Å². The van der Waals surface area contributed by atoms with Gasteiger partial charge in [-0.25, -0.2) is 4.98 Å². The highest BCUT2D eigenvalue weighted by atomic mass is 79.9. The van der Waals surface area contributed by atoms with Gasteiger partial charge in [-0.05, 0) is 40.4 Å². The van der Waals surface area contributed by atoms with Crippen LogP contribution in [0.2, 0.25) is 5.28 Å². The first-order valence-corrected chi connectivity index (χ1v) is 5.45. The smallest absolute Gasteiger partial charge is 0.224 e. The fraction of sp³-hybridized carbons (Fsp3) is 0.500. The Labute approximate surface area is 94.8 Å². The largest absolute Gasteiger partial charge is 0.393 e. The molecule has 14 heavy (non-hydrogen) atoms. The van der Waals surface area contributed by atoms with E-state index in [1.54, 1.807) is 6.20 Å². The molecule has 0 aliphatic heterocycles. The molecular formula is C8H9BrClN3O. The number of halogens is 2. The van der Waals surface area contributed by atoms with Gasteiger partial charge < -0.3 is 10.4 Å². The molecule has 1 aliphatic carbocycles. The number of rotatable bonds is 2. The molecule has 2 N–H and O–H groups in total. The topological polar surface area (TPSA) is 58.0 Å². The van der Waals surface area contributed by atoms with Gasteiger partial charge in [0.15, 0.2) is 0 Å². The van der Waals surface area contributed by atoms with E-state index >= 15 is 0 Å². The molecule has 0 radical (unpaired) electrons. The minimum atomic E-state index is -0.177. The number of aliphatic hydroxyl groups excluding tert-OH is 1. The van der Waals surface area contributed by atoms with Crippen molar-refractivity contribution >= 4 is 33.3 Å². The van der Waals surface area contributed by atoms with Crippen LogP contribution in [0.25, 0.3) is 0 Å². The fourth-order valence-corrected chi connectivity index (χ4v) is 1.78. The summed E-state index contributed by atoms with van der Waals surface area (Å²) in [6.07, 6.45) is 2.94. The molecule has 4 nitrogen and oxygen atoms in total. The Balaban J connectivity index is 2.05. The van der Waals surface area contributed by atoms with Gasteiger partial charge in [0.2, 0.25) is 5.28 Å². The van der Waals surface area contributed by atoms with Gasteiger partial charge in [-0.1, -0.05) is 0 Å². The van der Waals surface area contributed by atoms with Crippen LogP contribution in [0.15, 0.2) is 10.7 Å². The van der Waals surface area contributed by atoms with Crippen LogP contribution < -0.4 is 5.32 Å². The zero-order valence-electron chi connectivity index (χ0n) is 7.24. The molecule has 1 aromatic heterocycles. The number of aromatic nitrogens is 2. The SMILES string of the molecule is OC1CC(Nc2nc(Cl)ncc2Br)C1. The van der Waals surface area contributed by atoms with Crippen LogP contribution in [-0.4, -0.2) is 27.2 Å². The molecule has 0 saturated heterocycles. The van der Waals surface area contributed by atoms with Crippen LogP contribution in [0.1, 0.15) is 12.8 Å². The summed E-state index contributed by atoms with van der Waals surface area (Å²) in [5.74, 6) is 0.682. The molecule has 1 aromatic rings. The van der Waals surface area contributed by atoms with Crippen molar-refractivity contribution < 1.29 is 5.11 Å². The Kier molecular flexibility index (Phi) is 2.90. The van der Waals surface area contributed by atoms with Crippen LogP contribution in [-0.2, 0) is 0 Å². The molecule has 2 rings (SSSR count). The van der Waals surface area contributed by atoms with Gasteiger partial charge in [0.25, 0.3) is 0 Å². The van der Waals surface area contributed by atoms with E-state index in [2.05, 4.69) is 31.2 Å². The summed E-state index contributed by atoms with van der Waals surface area (Å²) in [6, 6.07) is 0.285. The highest BCUT2D eigenvalue weighted by Crippen LogP contribution is 2.27. The number of nitrogens with zero attached hydrogens (tertiary/aromatic N) is 2. The van der Waals surface area contributed by atoms with E-state index in [0.717, 1.165) is 17.3 Å². The standard InChI is InChI=1S/C8H9BrClN3O/c9-6-3-11-8(10)13-7(6)12-4-1-5(14)2-4/h3-5,14H,1-2H2,(H,11,12,13). The second kappa shape index (κ2) is 4.00. The third-order valence-corrected chi connectivity index (χ3v) is 2.93. The second-order valence-corrected chi connectivity index (χ2v) is 4.49. The van der Waals surface area contributed by atoms with Crippen LogP contribution in [0, 0.1) is 0 Å². The van der Waals surface area contributed by atoms with Crippen molar-refractivity contribution in [2.45, 2.75) is 25.0 Å². The van der Waals surface area contributed by atoms with Crippen molar-refractivity contribution in [2.24, 2.45) is 0 Å². The second-order valence-electron chi connectivity index (χ2n) is 3.30. The van der Waals surface area contributed by atoms with Crippen molar-refractivity contribution in [1.29, 1.82) is 0 Å². The van der Waals surface area contributed by atoms with Crippen molar-refractivity contribution in [1.82, 2.24) is 9.97 Å². The number of nitrogens with one attached hydrogen (secondary N) is 1. The number of anilines is 1. The quantitative estimate of drug-likeness (QED) is 0.810. The predicted octanol–water partition coefficient (Wildman–Crippen LogP) is 1.83. The van der Waals surface area contributed by atoms with E-state index in [-0.39, 0.29) is 17.4 Å². The molecule has 1 aliphatic rings. The molecule has 1 heterocycles. The van der Waals surface area contributed by atoms with Crippen molar-refractivity contribution in [3.63, 3.8) is 0 Å². The summed E-state index contributed by atoms with van der Waals surface area (Å²) in [6.45, 7) is 0. The molecule has 0 amide bonds. The third-order valence-electron chi connectivity index (χ3n) is 2.17. The highest BCUT2D eigenvalue weighted by molar-refractivity contribution is 9.10. The third kappa shape index (κ3) is 2.16. The van der Waals surface area contributed by atoms with Gasteiger partial charge >= 0.3 is 0 Å². The minimum absolute atomic E-state index is 0.177. The van der Waals surface area contributed by atoms with Gasteiger partial charge in [0, 0.05) is 12.2 Å². The number of hydrogen-bond donors (Lipinski definition) is 2. The molecule has 76 valence electrons. The fourth-order valence-electron chi connectivity index (χ4n) is 1.35. The lowest BCUT2D eigenvalue weighted by atomic mass is 9.89. The van der Waals surface area contributed by atoms with Crippen LogP contribution in [0.4, 0.5) is 5.82 Å². The molecule has 0 atom stereocenters. The molecule has 1 fully saturated rings. The summed E-state index contributed by atoms with van der Waals surface area (Å²) in [7, 11) is 0. The molecule has 1 saturated carbocycles. The summed E-state index contributed by atoms with van der Waals surface area (Å²) >= 11 is 8.98. The lowest BCUT2D eigenvalue weighted by molar-refractivity contribution is 0.0835. The highest BCUT2D eigenvalue weighted by Gasteiger charge is 2.27. The van der Waals surface area contributed by atoms with Gasteiger partial charge in [0.1, 0.15) is 5.82 Å². The maximum absolute atomic E-state index is 9.11. The van der Waals surface area contributed by atoms with E-state index in [9.17, 15) is 0 Å². The maximum atomic E-state index is 9.11. The molecule has 0 bridgehead atoms. The van der Waals surface area contributed by atoms with E-state index in [0.29, 0.717) is 5.82 Å². The zero-order valence-corrected chi connectivity index (χ0v) is 9.59. The summed E-state index contributed by atoms with van der Waals surface area (Å²) in [4.78, 5) is 7.86. The van der Waals surface area contributed by atoms with Gasteiger partial charge in [0.05, 0.1) is 10.6 Å². The molecule has 0 aromatic carbocycles. The first kappa shape index (κ1) is 10.1. The average Bonchev–Trinajstić information content (AvgIpc) is 2.09. The van der Waals surface area contributed by atoms with E-state index < -0.39 is 0 Å². The first-order chi connectivity index (χ1) is 6.65. The Morgan fingerprint density at radius 2 is 2.29 bits per heavy atom. The van der Waals surface area contributed by atoms with Gasteiger partial charge in [-0.2, -0.15) is 4.98 Å². The minimum Gasteiger partial charge on any atom is -0.393 e. The number of hydrogen-bond acceptors (Lipinski definition) is 4. The van der Waals surface area contributed by atoms with Crippen LogP contribution in [0.5, 0.6) is 0 Å². The van der Waals surface area contributed by atoms with Crippen LogP contribution in [0.3, 0.4) is 0 Å². The Morgan fingerprint density at radius 1 is 1.57 bits per heavy atom. The van der Waals surface area contributed by atoms with Crippen molar-refractivity contribution in [2.75, 3.05) is 5.32 Å². The monoisotopic (exact) mass is 277 g/mol. The lowest BCUT2D eigenvalue weighted by Gasteiger charge is -2.32. The summed E-state index contributed by atoms with van der Waals surface area (Å²) < 4.78 is 0.781.